The molecule has 2 unspecified atom stereocenters. The second-order valence-electron chi connectivity index (χ2n) is 5.53. The first-order chi connectivity index (χ1) is 8.24. The molecule has 2 heteroatoms. The van der Waals surface area contributed by atoms with Gasteiger partial charge in [-0.2, -0.15) is 0 Å². The minimum Gasteiger partial charge on any atom is -0.338 e. The van der Waals surface area contributed by atoms with Gasteiger partial charge in [-0.15, -0.1) is 0 Å². The highest BCUT2D eigenvalue weighted by Gasteiger charge is 2.38. The molecular formula is C15H19NO. The Balaban J connectivity index is 1.73. The molecule has 2 aliphatic rings. The third-order valence-electron chi connectivity index (χ3n) is 4.31. The number of likely N-dealkylation sites (tertiary alicyclic amines) is 1. The van der Waals surface area contributed by atoms with Crippen LogP contribution in [0.2, 0.25) is 0 Å². The van der Waals surface area contributed by atoms with Gasteiger partial charge in [-0.1, -0.05) is 24.1 Å². The summed E-state index contributed by atoms with van der Waals surface area (Å²) in [6.07, 6.45) is 4.01. The number of hydrogen-bond acceptors (Lipinski definition) is 1. The van der Waals surface area contributed by atoms with Gasteiger partial charge in [-0.3, -0.25) is 4.79 Å². The van der Waals surface area contributed by atoms with Gasteiger partial charge in [-0.05, 0) is 43.7 Å². The van der Waals surface area contributed by atoms with E-state index in [1.807, 2.05) is 24.3 Å². The molecule has 0 bridgehead atoms. The van der Waals surface area contributed by atoms with Crippen molar-refractivity contribution in [3.05, 3.63) is 35.4 Å². The predicted molar refractivity (Wildman–Crippen MR) is 67.9 cm³/mol. The summed E-state index contributed by atoms with van der Waals surface area (Å²) in [5, 5.41) is 0. The van der Waals surface area contributed by atoms with Crippen LogP contribution in [0.1, 0.15) is 35.2 Å². The van der Waals surface area contributed by atoms with Crippen LogP contribution in [0.4, 0.5) is 0 Å². The molecule has 1 amide bonds. The van der Waals surface area contributed by atoms with Crippen LogP contribution >= 0.6 is 0 Å². The van der Waals surface area contributed by atoms with Gasteiger partial charge in [0, 0.05) is 18.7 Å². The van der Waals surface area contributed by atoms with E-state index >= 15 is 0 Å². The van der Waals surface area contributed by atoms with E-state index < -0.39 is 0 Å². The normalized spacial score (nSPS) is 27.2. The molecule has 0 radical (unpaired) electrons. The zero-order valence-electron chi connectivity index (χ0n) is 10.4. The van der Waals surface area contributed by atoms with Gasteiger partial charge in [0.25, 0.3) is 5.91 Å². The molecule has 1 aliphatic heterocycles. The van der Waals surface area contributed by atoms with E-state index in [1.54, 1.807) is 0 Å². The Morgan fingerprint density at radius 1 is 1.12 bits per heavy atom. The van der Waals surface area contributed by atoms with Crippen LogP contribution in [0.3, 0.4) is 0 Å². The number of nitrogens with zero attached hydrogens (tertiary/aromatic N) is 1. The largest absolute Gasteiger partial charge is 0.338 e. The summed E-state index contributed by atoms with van der Waals surface area (Å²) < 4.78 is 0. The number of rotatable bonds is 1. The minimum atomic E-state index is 0.222. The lowest BCUT2D eigenvalue weighted by Crippen LogP contribution is -2.29. The fourth-order valence-corrected chi connectivity index (χ4v) is 3.28. The summed E-state index contributed by atoms with van der Waals surface area (Å²) in [6, 6.07) is 7.94. The smallest absolute Gasteiger partial charge is 0.253 e. The van der Waals surface area contributed by atoms with Crippen molar-refractivity contribution in [1.82, 2.24) is 4.90 Å². The maximum absolute atomic E-state index is 12.3. The van der Waals surface area contributed by atoms with E-state index in [-0.39, 0.29) is 5.91 Å². The molecule has 1 aromatic rings. The Morgan fingerprint density at radius 3 is 2.29 bits per heavy atom. The van der Waals surface area contributed by atoms with Crippen LogP contribution in [0, 0.1) is 18.8 Å². The molecule has 90 valence electrons. The average molecular weight is 229 g/mol. The quantitative estimate of drug-likeness (QED) is 0.725. The zero-order chi connectivity index (χ0) is 11.8. The topological polar surface area (TPSA) is 20.3 Å². The molecule has 2 atom stereocenters. The summed E-state index contributed by atoms with van der Waals surface area (Å²) >= 11 is 0. The van der Waals surface area contributed by atoms with Crippen LogP contribution in [-0.4, -0.2) is 23.9 Å². The van der Waals surface area contributed by atoms with Crippen molar-refractivity contribution >= 4 is 5.91 Å². The molecular weight excluding hydrogens is 210 g/mol. The Bertz CT molecular complexity index is 411. The molecule has 17 heavy (non-hydrogen) atoms. The van der Waals surface area contributed by atoms with Crippen LogP contribution in [0.15, 0.2) is 24.3 Å². The molecule has 1 heterocycles. The van der Waals surface area contributed by atoms with Gasteiger partial charge in [0.1, 0.15) is 0 Å². The number of aryl methyl sites for hydroxylation is 1. The monoisotopic (exact) mass is 229 g/mol. The van der Waals surface area contributed by atoms with Crippen LogP contribution in [0.5, 0.6) is 0 Å². The Hall–Kier alpha value is -1.31. The summed E-state index contributed by atoms with van der Waals surface area (Å²) in [5.74, 6) is 1.79. The van der Waals surface area contributed by atoms with E-state index in [0.29, 0.717) is 0 Å². The Labute approximate surface area is 103 Å². The van der Waals surface area contributed by atoms with Gasteiger partial charge in [0.05, 0.1) is 0 Å². The molecule has 1 saturated carbocycles. The molecule has 0 N–H and O–H groups in total. The first kappa shape index (κ1) is 10.8. The summed E-state index contributed by atoms with van der Waals surface area (Å²) in [6.45, 7) is 4.02. The van der Waals surface area contributed by atoms with Gasteiger partial charge in [0.2, 0.25) is 0 Å². The second kappa shape index (κ2) is 4.17. The molecule has 0 spiro atoms. The van der Waals surface area contributed by atoms with Gasteiger partial charge in [0.15, 0.2) is 0 Å². The highest BCUT2D eigenvalue weighted by molar-refractivity contribution is 5.94. The average Bonchev–Trinajstić information content (AvgIpc) is 2.89. The summed E-state index contributed by atoms with van der Waals surface area (Å²) in [7, 11) is 0. The Kier molecular flexibility index (Phi) is 2.65. The van der Waals surface area contributed by atoms with E-state index in [1.165, 1.54) is 24.8 Å². The van der Waals surface area contributed by atoms with Crippen molar-refractivity contribution in [2.75, 3.05) is 13.1 Å². The molecule has 2 nitrogen and oxygen atoms in total. The number of amides is 1. The van der Waals surface area contributed by atoms with Crippen molar-refractivity contribution in [2.45, 2.75) is 26.2 Å². The highest BCUT2D eigenvalue weighted by atomic mass is 16.2. The van der Waals surface area contributed by atoms with E-state index in [4.69, 9.17) is 0 Å². The first-order valence-corrected chi connectivity index (χ1v) is 6.60. The molecule has 1 aliphatic carbocycles. The van der Waals surface area contributed by atoms with Crippen molar-refractivity contribution in [3.63, 3.8) is 0 Å². The SMILES string of the molecule is Cc1ccc(C(=O)N2CC3CCCC3C2)cc1. The van der Waals surface area contributed by atoms with Crippen molar-refractivity contribution in [3.8, 4) is 0 Å². The maximum atomic E-state index is 12.3. The van der Waals surface area contributed by atoms with Crippen LogP contribution in [-0.2, 0) is 0 Å². The zero-order valence-corrected chi connectivity index (χ0v) is 10.4. The van der Waals surface area contributed by atoms with Crippen molar-refractivity contribution < 1.29 is 4.79 Å². The summed E-state index contributed by atoms with van der Waals surface area (Å²) in [4.78, 5) is 14.4. The third-order valence-corrected chi connectivity index (χ3v) is 4.31. The first-order valence-electron chi connectivity index (χ1n) is 6.60. The summed E-state index contributed by atoms with van der Waals surface area (Å²) in [5.41, 5.74) is 2.05. The number of fused-ring (bicyclic) bond motifs is 1. The number of carbonyl (C=O) groups excluding carboxylic acids is 1. The third kappa shape index (κ3) is 1.97. The predicted octanol–water partition coefficient (Wildman–Crippen LogP) is 2.87. The fraction of sp³-hybridized carbons (Fsp3) is 0.533. The molecule has 0 aromatic heterocycles. The van der Waals surface area contributed by atoms with Crippen molar-refractivity contribution in [2.24, 2.45) is 11.8 Å². The number of benzene rings is 1. The molecule has 1 aromatic carbocycles. The molecule has 2 fully saturated rings. The van der Waals surface area contributed by atoms with Gasteiger partial charge < -0.3 is 4.90 Å². The lowest BCUT2D eigenvalue weighted by Gasteiger charge is -2.17. The highest BCUT2D eigenvalue weighted by Crippen LogP contribution is 2.38. The van der Waals surface area contributed by atoms with E-state index in [2.05, 4.69) is 11.8 Å². The molecule has 3 rings (SSSR count). The minimum absolute atomic E-state index is 0.222. The number of carbonyl (C=O) groups is 1. The number of hydrogen-bond donors (Lipinski definition) is 0. The van der Waals surface area contributed by atoms with Gasteiger partial charge in [-0.25, -0.2) is 0 Å². The lowest BCUT2D eigenvalue weighted by molar-refractivity contribution is 0.0780. The van der Waals surface area contributed by atoms with E-state index in [9.17, 15) is 4.79 Å². The Morgan fingerprint density at radius 2 is 1.71 bits per heavy atom. The fourth-order valence-electron chi connectivity index (χ4n) is 3.28. The van der Waals surface area contributed by atoms with Crippen LogP contribution < -0.4 is 0 Å². The van der Waals surface area contributed by atoms with Crippen LogP contribution in [0.25, 0.3) is 0 Å². The van der Waals surface area contributed by atoms with E-state index in [0.717, 1.165) is 30.5 Å². The molecule has 1 saturated heterocycles. The maximum Gasteiger partial charge on any atom is 0.253 e. The van der Waals surface area contributed by atoms with Gasteiger partial charge >= 0.3 is 0 Å². The standard InChI is InChI=1S/C15H19NO/c1-11-5-7-12(8-6-11)15(17)16-9-13-3-2-4-14(13)10-16/h5-8,13-14H,2-4,9-10H2,1H3. The van der Waals surface area contributed by atoms with Crippen molar-refractivity contribution in [1.29, 1.82) is 0 Å². The lowest BCUT2D eigenvalue weighted by atomic mass is 10.0. The second-order valence-corrected chi connectivity index (χ2v) is 5.53.